The molecule has 2 aromatic rings. The zero-order chi connectivity index (χ0) is 13.7. The summed E-state index contributed by atoms with van der Waals surface area (Å²) >= 11 is 4.22. The van der Waals surface area contributed by atoms with Crippen LogP contribution in [0.5, 0.6) is 0 Å². The SMILES string of the molecule is N#Cc1ccc2c(c1)N(c1ncc(S)cn1)CC21CC1. The number of thiol groups is 1. The van der Waals surface area contributed by atoms with Crippen molar-refractivity contribution in [2.75, 3.05) is 11.4 Å². The fourth-order valence-electron chi connectivity index (χ4n) is 2.96. The van der Waals surface area contributed by atoms with E-state index in [0.29, 0.717) is 11.5 Å². The van der Waals surface area contributed by atoms with Crippen molar-refractivity contribution < 1.29 is 0 Å². The molecule has 0 atom stereocenters. The second-order valence-electron chi connectivity index (χ2n) is 5.45. The van der Waals surface area contributed by atoms with Crippen LogP contribution in [0.25, 0.3) is 0 Å². The Hall–Kier alpha value is -2.06. The monoisotopic (exact) mass is 280 g/mol. The van der Waals surface area contributed by atoms with Gasteiger partial charge in [-0.1, -0.05) is 6.07 Å². The molecule has 1 aliphatic carbocycles. The zero-order valence-corrected chi connectivity index (χ0v) is 11.6. The van der Waals surface area contributed by atoms with Gasteiger partial charge in [0.05, 0.1) is 11.6 Å². The van der Waals surface area contributed by atoms with Crippen LogP contribution in [-0.4, -0.2) is 16.5 Å². The summed E-state index contributed by atoms with van der Waals surface area (Å²) in [6.45, 7) is 0.906. The van der Waals surface area contributed by atoms with E-state index in [1.54, 1.807) is 12.4 Å². The topological polar surface area (TPSA) is 52.8 Å². The Morgan fingerprint density at radius 3 is 2.65 bits per heavy atom. The molecule has 1 fully saturated rings. The Morgan fingerprint density at radius 2 is 2.00 bits per heavy atom. The number of aromatic nitrogens is 2. The third kappa shape index (κ3) is 1.61. The van der Waals surface area contributed by atoms with E-state index in [1.807, 2.05) is 12.1 Å². The van der Waals surface area contributed by atoms with E-state index in [4.69, 9.17) is 5.26 Å². The standard InChI is InChI=1S/C15H12N4S/c16-6-10-1-2-12-13(5-10)19(9-15(12)3-4-15)14-17-7-11(20)8-18-14/h1-2,5,7-8,20H,3-4,9H2. The van der Waals surface area contributed by atoms with Crippen molar-refractivity contribution in [1.82, 2.24) is 9.97 Å². The van der Waals surface area contributed by atoms with E-state index >= 15 is 0 Å². The highest BCUT2D eigenvalue weighted by molar-refractivity contribution is 7.80. The van der Waals surface area contributed by atoms with Crippen LogP contribution in [-0.2, 0) is 5.41 Å². The molecule has 98 valence electrons. The minimum absolute atomic E-state index is 0.256. The van der Waals surface area contributed by atoms with Crippen molar-refractivity contribution in [3.8, 4) is 6.07 Å². The summed E-state index contributed by atoms with van der Waals surface area (Å²) in [5.74, 6) is 0.683. The molecular weight excluding hydrogens is 268 g/mol. The van der Waals surface area contributed by atoms with Crippen LogP contribution in [0.2, 0.25) is 0 Å². The number of benzene rings is 1. The van der Waals surface area contributed by atoms with Crippen LogP contribution < -0.4 is 4.90 Å². The van der Waals surface area contributed by atoms with Gasteiger partial charge < -0.3 is 4.90 Å². The maximum atomic E-state index is 9.10. The summed E-state index contributed by atoms with van der Waals surface area (Å²) in [6.07, 6.45) is 5.81. The molecule has 1 saturated carbocycles. The molecule has 4 nitrogen and oxygen atoms in total. The summed E-state index contributed by atoms with van der Waals surface area (Å²) < 4.78 is 0. The van der Waals surface area contributed by atoms with Gasteiger partial charge in [0.25, 0.3) is 0 Å². The Balaban J connectivity index is 1.84. The van der Waals surface area contributed by atoms with Gasteiger partial charge in [-0.3, -0.25) is 0 Å². The van der Waals surface area contributed by atoms with Crippen molar-refractivity contribution >= 4 is 24.3 Å². The van der Waals surface area contributed by atoms with Crippen molar-refractivity contribution in [2.24, 2.45) is 0 Å². The average molecular weight is 280 g/mol. The maximum absolute atomic E-state index is 9.10. The molecule has 20 heavy (non-hydrogen) atoms. The van der Waals surface area contributed by atoms with Crippen molar-refractivity contribution in [2.45, 2.75) is 23.2 Å². The van der Waals surface area contributed by atoms with Gasteiger partial charge in [0, 0.05) is 34.9 Å². The second-order valence-corrected chi connectivity index (χ2v) is 5.97. The van der Waals surface area contributed by atoms with Gasteiger partial charge in [0.1, 0.15) is 0 Å². The Bertz CT molecular complexity index is 729. The molecule has 0 radical (unpaired) electrons. The predicted octanol–water partition coefficient (Wildman–Crippen LogP) is 2.82. The molecule has 0 saturated heterocycles. The first-order valence-corrected chi connectivity index (χ1v) is 7.00. The highest BCUT2D eigenvalue weighted by atomic mass is 32.1. The molecule has 1 spiro atoms. The summed E-state index contributed by atoms with van der Waals surface area (Å²) in [5.41, 5.74) is 3.34. The number of anilines is 2. The van der Waals surface area contributed by atoms with Gasteiger partial charge in [-0.25, -0.2) is 9.97 Å². The molecule has 1 aromatic carbocycles. The lowest BCUT2D eigenvalue weighted by molar-refractivity contribution is 0.734. The maximum Gasteiger partial charge on any atom is 0.229 e. The summed E-state index contributed by atoms with van der Waals surface area (Å²) in [6, 6.07) is 8.14. The number of fused-ring (bicyclic) bond motifs is 2. The van der Waals surface area contributed by atoms with Crippen molar-refractivity contribution in [1.29, 1.82) is 5.26 Å². The smallest absolute Gasteiger partial charge is 0.229 e. The summed E-state index contributed by atoms with van der Waals surface area (Å²) in [4.78, 5) is 11.6. The Labute approximate surface area is 122 Å². The van der Waals surface area contributed by atoms with Gasteiger partial charge in [-0.05, 0) is 30.5 Å². The van der Waals surface area contributed by atoms with E-state index in [0.717, 1.165) is 17.1 Å². The van der Waals surface area contributed by atoms with Crippen LogP contribution in [0.1, 0.15) is 24.0 Å². The predicted molar refractivity (Wildman–Crippen MR) is 78.4 cm³/mol. The lowest BCUT2D eigenvalue weighted by atomic mass is 9.98. The second kappa shape index (κ2) is 3.97. The number of nitrogens with zero attached hydrogens (tertiary/aromatic N) is 4. The van der Waals surface area contributed by atoms with Crippen LogP contribution in [0.4, 0.5) is 11.6 Å². The van der Waals surface area contributed by atoms with Gasteiger partial charge in [-0.15, -0.1) is 12.6 Å². The number of hydrogen-bond donors (Lipinski definition) is 1. The number of hydrogen-bond acceptors (Lipinski definition) is 5. The molecule has 2 heterocycles. The summed E-state index contributed by atoms with van der Waals surface area (Å²) in [5, 5.41) is 9.10. The normalized spacial score (nSPS) is 17.9. The van der Waals surface area contributed by atoms with Crippen LogP contribution in [0.3, 0.4) is 0 Å². The van der Waals surface area contributed by atoms with E-state index < -0.39 is 0 Å². The van der Waals surface area contributed by atoms with Crippen LogP contribution in [0, 0.1) is 11.3 Å². The van der Waals surface area contributed by atoms with E-state index in [-0.39, 0.29) is 5.41 Å². The van der Waals surface area contributed by atoms with E-state index in [2.05, 4.69) is 39.6 Å². The molecule has 5 heteroatoms. The van der Waals surface area contributed by atoms with Crippen LogP contribution >= 0.6 is 12.6 Å². The molecule has 4 rings (SSSR count). The molecule has 2 aliphatic rings. The van der Waals surface area contributed by atoms with E-state index in [9.17, 15) is 0 Å². The Kier molecular flexibility index (Phi) is 2.33. The molecule has 0 unspecified atom stereocenters. The lowest BCUT2D eigenvalue weighted by Gasteiger charge is -2.17. The minimum Gasteiger partial charge on any atom is -0.309 e. The average Bonchev–Trinajstić information content (AvgIpc) is 3.18. The van der Waals surface area contributed by atoms with Crippen molar-refractivity contribution in [3.63, 3.8) is 0 Å². The first-order valence-electron chi connectivity index (χ1n) is 6.55. The van der Waals surface area contributed by atoms with Gasteiger partial charge >= 0.3 is 0 Å². The van der Waals surface area contributed by atoms with Crippen molar-refractivity contribution in [3.05, 3.63) is 41.7 Å². The fraction of sp³-hybridized carbons (Fsp3) is 0.267. The molecule has 0 N–H and O–H groups in total. The lowest BCUT2D eigenvalue weighted by Crippen LogP contribution is -2.21. The van der Waals surface area contributed by atoms with Gasteiger partial charge in [0.15, 0.2) is 0 Å². The minimum atomic E-state index is 0.256. The van der Waals surface area contributed by atoms with Gasteiger partial charge in [0.2, 0.25) is 5.95 Å². The quantitative estimate of drug-likeness (QED) is 0.816. The van der Waals surface area contributed by atoms with Gasteiger partial charge in [-0.2, -0.15) is 5.26 Å². The molecule has 1 aromatic heterocycles. The molecule has 1 aliphatic heterocycles. The third-order valence-electron chi connectivity index (χ3n) is 4.17. The molecule has 0 bridgehead atoms. The molecule has 0 amide bonds. The van der Waals surface area contributed by atoms with Crippen LogP contribution in [0.15, 0.2) is 35.5 Å². The molecular formula is C15H12N4S. The number of nitriles is 1. The first-order chi connectivity index (χ1) is 9.72. The highest BCUT2D eigenvalue weighted by Crippen LogP contribution is 2.57. The fourth-order valence-corrected chi connectivity index (χ4v) is 3.07. The highest BCUT2D eigenvalue weighted by Gasteiger charge is 2.52. The number of rotatable bonds is 1. The largest absolute Gasteiger partial charge is 0.309 e. The Morgan fingerprint density at radius 1 is 1.25 bits per heavy atom. The van der Waals surface area contributed by atoms with E-state index in [1.165, 1.54) is 18.4 Å². The zero-order valence-electron chi connectivity index (χ0n) is 10.7. The first kappa shape index (κ1) is 11.7. The third-order valence-corrected chi connectivity index (χ3v) is 4.40. The summed E-state index contributed by atoms with van der Waals surface area (Å²) in [7, 11) is 0.